The van der Waals surface area contributed by atoms with E-state index >= 15 is 0 Å². The third kappa shape index (κ3) is 3.51. The van der Waals surface area contributed by atoms with E-state index in [4.69, 9.17) is 11.6 Å². The van der Waals surface area contributed by atoms with Crippen LogP contribution in [0.5, 0.6) is 0 Å². The first-order chi connectivity index (χ1) is 8.15. The van der Waals surface area contributed by atoms with E-state index in [1.54, 1.807) is 11.3 Å². The lowest BCUT2D eigenvalue weighted by Crippen LogP contribution is -1.91. The summed E-state index contributed by atoms with van der Waals surface area (Å²) in [4.78, 5) is 0. The number of halogens is 1. The van der Waals surface area contributed by atoms with E-state index in [2.05, 4.69) is 41.4 Å². The first-order valence-corrected chi connectivity index (χ1v) is 6.92. The Morgan fingerprint density at radius 1 is 1.29 bits per heavy atom. The van der Waals surface area contributed by atoms with Gasteiger partial charge in [-0.25, -0.2) is 0 Å². The highest BCUT2D eigenvalue weighted by Crippen LogP contribution is 2.23. The first-order valence-electron chi connectivity index (χ1n) is 5.67. The van der Waals surface area contributed by atoms with Crippen LogP contribution in [-0.4, -0.2) is 10.2 Å². The van der Waals surface area contributed by atoms with Gasteiger partial charge in [0.15, 0.2) is 0 Å². The molecule has 2 nitrogen and oxygen atoms in total. The van der Waals surface area contributed by atoms with Gasteiger partial charge in [-0.3, -0.25) is 0 Å². The zero-order chi connectivity index (χ0) is 12.3. The van der Waals surface area contributed by atoms with Crippen LogP contribution >= 0.6 is 22.9 Å². The number of aromatic nitrogens is 2. The minimum absolute atomic E-state index is 0.0415. The number of rotatable bonds is 4. The Labute approximate surface area is 111 Å². The molecule has 17 heavy (non-hydrogen) atoms. The van der Waals surface area contributed by atoms with Gasteiger partial charge in [0.1, 0.15) is 10.0 Å². The second-order valence-electron chi connectivity index (χ2n) is 4.14. The third-order valence-corrected chi connectivity index (χ3v) is 4.03. The van der Waals surface area contributed by atoms with Crippen molar-refractivity contribution in [1.82, 2.24) is 10.2 Å². The molecule has 0 radical (unpaired) electrons. The molecule has 1 heterocycles. The van der Waals surface area contributed by atoms with E-state index in [9.17, 15) is 0 Å². The van der Waals surface area contributed by atoms with Gasteiger partial charge in [0.2, 0.25) is 0 Å². The molecule has 0 spiro atoms. The highest BCUT2D eigenvalue weighted by atomic mass is 35.5. The molecule has 1 atom stereocenters. The molecule has 2 rings (SSSR count). The van der Waals surface area contributed by atoms with Crippen molar-refractivity contribution in [2.45, 2.75) is 32.1 Å². The smallest absolute Gasteiger partial charge is 0.135 e. The van der Waals surface area contributed by atoms with Gasteiger partial charge in [0.25, 0.3) is 0 Å². The number of aryl methyl sites for hydroxylation is 3. The molecule has 0 aliphatic rings. The van der Waals surface area contributed by atoms with Crippen molar-refractivity contribution in [2.75, 3.05) is 0 Å². The van der Waals surface area contributed by atoms with Gasteiger partial charge < -0.3 is 0 Å². The predicted molar refractivity (Wildman–Crippen MR) is 72.8 cm³/mol. The molecule has 4 heteroatoms. The molecule has 1 aromatic carbocycles. The summed E-state index contributed by atoms with van der Waals surface area (Å²) < 4.78 is 0. The minimum Gasteiger partial charge on any atom is -0.143 e. The fraction of sp³-hybridized carbons (Fsp3) is 0.385. The highest BCUT2D eigenvalue weighted by Gasteiger charge is 2.09. The van der Waals surface area contributed by atoms with Crippen molar-refractivity contribution in [2.24, 2.45) is 0 Å². The largest absolute Gasteiger partial charge is 0.143 e. The Balaban J connectivity index is 1.97. The zero-order valence-corrected chi connectivity index (χ0v) is 11.6. The average molecular weight is 267 g/mol. The summed E-state index contributed by atoms with van der Waals surface area (Å²) in [6, 6.07) is 8.57. The van der Waals surface area contributed by atoms with Crippen molar-refractivity contribution in [1.29, 1.82) is 0 Å². The Morgan fingerprint density at radius 2 is 2.12 bits per heavy atom. The first kappa shape index (κ1) is 12.5. The van der Waals surface area contributed by atoms with E-state index in [1.807, 2.05) is 6.92 Å². The Bertz CT molecular complexity index is 494. The Kier molecular flexibility index (Phi) is 4.13. The Morgan fingerprint density at radius 3 is 2.76 bits per heavy atom. The molecule has 0 amide bonds. The summed E-state index contributed by atoms with van der Waals surface area (Å²) >= 11 is 7.57. The van der Waals surface area contributed by atoms with Gasteiger partial charge in [0.05, 0.1) is 5.38 Å². The SMILES string of the molecule is Cc1cccc(CCc2nnc(C(C)Cl)s2)c1. The van der Waals surface area contributed by atoms with Gasteiger partial charge in [-0.1, -0.05) is 41.2 Å². The number of hydrogen-bond donors (Lipinski definition) is 0. The molecular formula is C13H15ClN2S. The van der Waals surface area contributed by atoms with Crippen molar-refractivity contribution in [3.8, 4) is 0 Å². The van der Waals surface area contributed by atoms with Crippen LogP contribution in [-0.2, 0) is 12.8 Å². The van der Waals surface area contributed by atoms with E-state index < -0.39 is 0 Å². The van der Waals surface area contributed by atoms with Crippen LogP contribution in [0, 0.1) is 6.92 Å². The quantitative estimate of drug-likeness (QED) is 0.784. The molecule has 0 fully saturated rings. The second kappa shape index (κ2) is 5.61. The van der Waals surface area contributed by atoms with Crippen molar-refractivity contribution < 1.29 is 0 Å². The standard InChI is InChI=1S/C13H15ClN2S/c1-9-4-3-5-11(8-9)6-7-12-15-16-13(17-12)10(2)14/h3-5,8,10H,6-7H2,1-2H3. The molecule has 0 N–H and O–H groups in total. The zero-order valence-electron chi connectivity index (χ0n) is 9.98. The molecule has 2 aromatic rings. The van der Waals surface area contributed by atoms with Gasteiger partial charge in [-0.2, -0.15) is 0 Å². The molecule has 1 aromatic heterocycles. The van der Waals surface area contributed by atoms with Gasteiger partial charge >= 0.3 is 0 Å². The van der Waals surface area contributed by atoms with Gasteiger partial charge in [0, 0.05) is 6.42 Å². The molecule has 0 bridgehead atoms. The summed E-state index contributed by atoms with van der Waals surface area (Å²) in [6.45, 7) is 4.04. The molecule has 0 aliphatic heterocycles. The summed E-state index contributed by atoms with van der Waals surface area (Å²) in [5.41, 5.74) is 2.65. The lowest BCUT2D eigenvalue weighted by atomic mass is 10.1. The van der Waals surface area contributed by atoms with E-state index in [0.717, 1.165) is 22.9 Å². The van der Waals surface area contributed by atoms with Crippen LogP contribution in [0.3, 0.4) is 0 Å². The highest BCUT2D eigenvalue weighted by molar-refractivity contribution is 7.11. The van der Waals surface area contributed by atoms with Gasteiger partial charge in [-0.15, -0.1) is 21.8 Å². The second-order valence-corrected chi connectivity index (χ2v) is 5.89. The Hall–Kier alpha value is -0.930. The maximum Gasteiger partial charge on any atom is 0.135 e. The molecule has 0 aliphatic carbocycles. The summed E-state index contributed by atoms with van der Waals surface area (Å²) in [6.07, 6.45) is 1.94. The molecular weight excluding hydrogens is 252 g/mol. The normalized spacial score (nSPS) is 12.6. The van der Waals surface area contributed by atoms with Crippen molar-refractivity contribution >= 4 is 22.9 Å². The maximum atomic E-state index is 5.96. The minimum atomic E-state index is -0.0415. The molecule has 0 saturated heterocycles. The average Bonchev–Trinajstić information content (AvgIpc) is 2.75. The lowest BCUT2D eigenvalue weighted by Gasteiger charge is -2.00. The summed E-state index contributed by atoms with van der Waals surface area (Å²) in [5, 5.41) is 10.2. The monoisotopic (exact) mass is 266 g/mol. The number of benzene rings is 1. The van der Waals surface area contributed by atoms with Crippen LogP contribution in [0.2, 0.25) is 0 Å². The van der Waals surface area contributed by atoms with E-state index in [-0.39, 0.29) is 5.38 Å². The molecule has 90 valence electrons. The topological polar surface area (TPSA) is 25.8 Å². The van der Waals surface area contributed by atoms with Crippen LogP contribution in [0.25, 0.3) is 0 Å². The fourth-order valence-corrected chi connectivity index (χ4v) is 2.60. The lowest BCUT2D eigenvalue weighted by molar-refractivity contribution is 0.882. The van der Waals surface area contributed by atoms with E-state index in [1.165, 1.54) is 11.1 Å². The van der Waals surface area contributed by atoms with Gasteiger partial charge in [-0.05, 0) is 25.8 Å². The van der Waals surface area contributed by atoms with Crippen LogP contribution in [0.15, 0.2) is 24.3 Å². The third-order valence-electron chi connectivity index (χ3n) is 2.53. The summed E-state index contributed by atoms with van der Waals surface area (Å²) in [7, 11) is 0. The number of hydrogen-bond acceptors (Lipinski definition) is 3. The van der Waals surface area contributed by atoms with Crippen molar-refractivity contribution in [3.63, 3.8) is 0 Å². The predicted octanol–water partition coefficient (Wildman–Crippen LogP) is 3.93. The maximum absolute atomic E-state index is 5.96. The number of nitrogens with zero attached hydrogens (tertiary/aromatic N) is 2. The fourth-order valence-electron chi connectivity index (χ4n) is 1.65. The van der Waals surface area contributed by atoms with E-state index in [0.29, 0.717) is 0 Å². The van der Waals surface area contributed by atoms with Crippen LogP contribution < -0.4 is 0 Å². The number of alkyl halides is 1. The molecule has 1 unspecified atom stereocenters. The molecule has 0 saturated carbocycles. The van der Waals surface area contributed by atoms with Crippen molar-refractivity contribution in [3.05, 3.63) is 45.4 Å². The van der Waals surface area contributed by atoms with Crippen LogP contribution in [0.1, 0.15) is 33.4 Å². The summed E-state index contributed by atoms with van der Waals surface area (Å²) in [5.74, 6) is 0. The van der Waals surface area contributed by atoms with Crippen LogP contribution in [0.4, 0.5) is 0 Å².